The molecule has 28 heavy (non-hydrogen) atoms. The van der Waals surface area contributed by atoms with Gasteiger partial charge in [-0.2, -0.15) is 4.31 Å². The number of carbonyl (C=O) groups excluding carboxylic acids is 2. The van der Waals surface area contributed by atoms with Crippen molar-refractivity contribution in [2.24, 2.45) is 5.92 Å². The number of carbonyl (C=O) groups is 2. The Morgan fingerprint density at radius 2 is 1.82 bits per heavy atom. The van der Waals surface area contributed by atoms with Crippen molar-refractivity contribution in [3.63, 3.8) is 0 Å². The number of sulfonamides is 1. The average molecular weight is 411 g/mol. The fourth-order valence-electron chi connectivity index (χ4n) is 3.28. The van der Waals surface area contributed by atoms with Crippen LogP contribution in [0.3, 0.4) is 0 Å². The highest BCUT2D eigenvalue weighted by molar-refractivity contribution is 7.89. The Morgan fingerprint density at radius 3 is 2.43 bits per heavy atom. The van der Waals surface area contributed by atoms with Crippen LogP contribution in [0.4, 0.5) is 0 Å². The number of nitrogens with one attached hydrogen (secondary N) is 1. The number of nitrogens with zero attached hydrogens (tertiary/aromatic N) is 1. The van der Waals surface area contributed by atoms with Crippen molar-refractivity contribution in [1.82, 2.24) is 9.62 Å². The molecule has 7 nitrogen and oxygen atoms in total. The van der Waals surface area contributed by atoms with Gasteiger partial charge in [0.15, 0.2) is 6.10 Å². The van der Waals surface area contributed by atoms with Crippen LogP contribution < -0.4 is 5.32 Å². The first-order valence-electron chi connectivity index (χ1n) is 9.64. The third-order valence-corrected chi connectivity index (χ3v) is 7.02. The molecule has 1 aliphatic carbocycles. The molecule has 0 radical (unpaired) electrons. The Morgan fingerprint density at radius 1 is 1.21 bits per heavy atom. The largest absolute Gasteiger partial charge is 0.452 e. The molecular weight excluding hydrogens is 380 g/mol. The van der Waals surface area contributed by atoms with E-state index in [9.17, 15) is 18.0 Å². The lowest BCUT2D eigenvalue weighted by Gasteiger charge is -2.30. The highest BCUT2D eigenvalue weighted by Gasteiger charge is 2.28. The maximum absolute atomic E-state index is 12.5. The van der Waals surface area contributed by atoms with Crippen molar-refractivity contribution in [2.75, 3.05) is 13.6 Å². The lowest BCUT2D eigenvalue weighted by atomic mass is 9.86. The van der Waals surface area contributed by atoms with Crippen LogP contribution in [0.2, 0.25) is 0 Å². The number of hydrogen-bond donors (Lipinski definition) is 1. The standard InChI is InChI=1S/C20H30N2O5S/c1-14-9-11-17(12-10-14)28(25,26)22(4)13-19(23)27-16(3)20(24)21-18-8-6-5-7-15(18)2/h9-12,15-16,18H,5-8,13H2,1-4H3,(H,21,24). The maximum Gasteiger partial charge on any atom is 0.322 e. The second-order valence-electron chi connectivity index (χ2n) is 7.58. The molecule has 3 unspecified atom stereocenters. The summed E-state index contributed by atoms with van der Waals surface area (Å²) in [5.74, 6) is -0.722. The molecule has 3 atom stereocenters. The number of esters is 1. The molecule has 0 aromatic heterocycles. The Bertz CT molecular complexity index is 791. The van der Waals surface area contributed by atoms with Gasteiger partial charge < -0.3 is 10.1 Å². The third kappa shape index (κ3) is 5.78. The van der Waals surface area contributed by atoms with E-state index in [4.69, 9.17) is 4.74 Å². The van der Waals surface area contributed by atoms with Crippen molar-refractivity contribution < 1.29 is 22.7 Å². The number of rotatable bonds is 7. The summed E-state index contributed by atoms with van der Waals surface area (Å²) in [5, 5.41) is 2.94. The van der Waals surface area contributed by atoms with Crippen LogP contribution in [-0.2, 0) is 24.3 Å². The van der Waals surface area contributed by atoms with Gasteiger partial charge in [-0.3, -0.25) is 9.59 Å². The highest BCUT2D eigenvalue weighted by Crippen LogP contribution is 2.23. The van der Waals surface area contributed by atoms with E-state index in [1.54, 1.807) is 12.1 Å². The molecule has 1 fully saturated rings. The lowest BCUT2D eigenvalue weighted by Crippen LogP contribution is -2.46. The predicted octanol–water partition coefficient (Wildman–Crippen LogP) is 2.24. The molecular formula is C20H30N2O5S. The normalized spacial score (nSPS) is 21.2. The molecule has 1 aromatic carbocycles. The van der Waals surface area contributed by atoms with E-state index < -0.39 is 28.6 Å². The molecule has 156 valence electrons. The van der Waals surface area contributed by atoms with Gasteiger partial charge >= 0.3 is 5.97 Å². The molecule has 0 heterocycles. The first-order valence-corrected chi connectivity index (χ1v) is 11.1. The monoisotopic (exact) mass is 410 g/mol. The van der Waals surface area contributed by atoms with Crippen molar-refractivity contribution in [1.29, 1.82) is 0 Å². The summed E-state index contributed by atoms with van der Waals surface area (Å²) >= 11 is 0. The Hall–Kier alpha value is -1.93. The van der Waals surface area contributed by atoms with Crippen LogP contribution in [-0.4, -0.2) is 50.3 Å². The van der Waals surface area contributed by atoms with Gasteiger partial charge in [-0.05, 0) is 44.7 Å². The number of hydrogen-bond acceptors (Lipinski definition) is 5. The van der Waals surface area contributed by atoms with E-state index in [-0.39, 0.29) is 16.8 Å². The van der Waals surface area contributed by atoms with E-state index in [0.29, 0.717) is 5.92 Å². The topological polar surface area (TPSA) is 92.8 Å². The van der Waals surface area contributed by atoms with Crippen LogP contribution in [0, 0.1) is 12.8 Å². The average Bonchev–Trinajstić information content (AvgIpc) is 2.63. The molecule has 0 spiro atoms. The van der Waals surface area contributed by atoms with E-state index >= 15 is 0 Å². The Balaban J connectivity index is 1.89. The van der Waals surface area contributed by atoms with Crippen LogP contribution in [0.1, 0.15) is 45.1 Å². The first kappa shape index (κ1) is 22.4. The second-order valence-corrected chi connectivity index (χ2v) is 9.63. The molecule has 0 saturated heterocycles. The van der Waals surface area contributed by atoms with Crippen molar-refractivity contribution in [3.05, 3.63) is 29.8 Å². The molecule has 1 aliphatic rings. The predicted molar refractivity (Wildman–Crippen MR) is 106 cm³/mol. The van der Waals surface area contributed by atoms with Crippen molar-refractivity contribution in [2.45, 2.75) is 63.5 Å². The van der Waals surface area contributed by atoms with Gasteiger partial charge in [0.25, 0.3) is 5.91 Å². The maximum atomic E-state index is 12.5. The molecule has 1 amide bonds. The first-order chi connectivity index (χ1) is 13.1. The summed E-state index contributed by atoms with van der Waals surface area (Å²) in [7, 11) is -2.49. The van der Waals surface area contributed by atoms with Crippen LogP contribution in [0.25, 0.3) is 0 Å². The van der Waals surface area contributed by atoms with Gasteiger partial charge in [0.2, 0.25) is 10.0 Å². The second kappa shape index (κ2) is 9.52. The van der Waals surface area contributed by atoms with Crippen LogP contribution in [0.15, 0.2) is 29.2 Å². The van der Waals surface area contributed by atoms with Crippen molar-refractivity contribution >= 4 is 21.9 Å². The summed E-state index contributed by atoms with van der Waals surface area (Å²) in [6, 6.07) is 6.46. The number of likely N-dealkylation sites (N-methyl/N-ethyl adjacent to an activating group) is 1. The Kier molecular flexibility index (Phi) is 7.60. The molecule has 2 rings (SSSR count). The smallest absolute Gasteiger partial charge is 0.322 e. The summed E-state index contributed by atoms with van der Waals surface area (Å²) in [5.41, 5.74) is 0.938. The summed E-state index contributed by atoms with van der Waals surface area (Å²) in [6.45, 7) is 4.99. The zero-order valence-electron chi connectivity index (χ0n) is 17.0. The van der Waals surface area contributed by atoms with Crippen LogP contribution in [0.5, 0.6) is 0 Å². The van der Waals surface area contributed by atoms with E-state index in [2.05, 4.69) is 12.2 Å². The summed E-state index contributed by atoms with van der Waals surface area (Å²) in [6.07, 6.45) is 3.26. The van der Waals surface area contributed by atoms with E-state index in [0.717, 1.165) is 29.1 Å². The third-order valence-electron chi connectivity index (χ3n) is 5.20. The fourth-order valence-corrected chi connectivity index (χ4v) is 4.39. The van der Waals surface area contributed by atoms with Gasteiger partial charge in [-0.15, -0.1) is 0 Å². The number of ether oxygens (including phenoxy) is 1. The quantitative estimate of drug-likeness (QED) is 0.696. The molecule has 0 bridgehead atoms. The van der Waals surface area contributed by atoms with Gasteiger partial charge in [0, 0.05) is 13.1 Å². The van der Waals surface area contributed by atoms with Gasteiger partial charge in [0.1, 0.15) is 6.54 Å². The van der Waals surface area contributed by atoms with Crippen LogP contribution >= 0.6 is 0 Å². The number of amides is 1. The molecule has 0 aliphatic heterocycles. The number of benzene rings is 1. The molecule has 1 saturated carbocycles. The highest BCUT2D eigenvalue weighted by atomic mass is 32.2. The zero-order valence-corrected chi connectivity index (χ0v) is 17.8. The lowest BCUT2D eigenvalue weighted by molar-refractivity contribution is -0.155. The van der Waals surface area contributed by atoms with Crippen molar-refractivity contribution in [3.8, 4) is 0 Å². The molecule has 8 heteroatoms. The Labute approximate surface area is 167 Å². The molecule has 1 aromatic rings. The minimum absolute atomic E-state index is 0.0898. The van der Waals surface area contributed by atoms with E-state index in [1.165, 1.54) is 32.5 Å². The van der Waals surface area contributed by atoms with Gasteiger partial charge in [-0.25, -0.2) is 8.42 Å². The minimum atomic E-state index is -3.80. The van der Waals surface area contributed by atoms with Gasteiger partial charge in [0.05, 0.1) is 4.90 Å². The van der Waals surface area contributed by atoms with E-state index in [1.807, 2.05) is 6.92 Å². The SMILES string of the molecule is Cc1ccc(S(=O)(=O)N(C)CC(=O)OC(C)C(=O)NC2CCCCC2C)cc1. The number of aryl methyl sites for hydroxylation is 1. The van der Waals surface area contributed by atoms with Gasteiger partial charge in [-0.1, -0.05) is 37.5 Å². The zero-order chi connectivity index (χ0) is 20.9. The fraction of sp³-hybridized carbons (Fsp3) is 0.600. The molecule has 1 N–H and O–H groups in total. The summed E-state index contributed by atoms with van der Waals surface area (Å²) in [4.78, 5) is 24.6. The minimum Gasteiger partial charge on any atom is -0.452 e. The summed E-state index contributed by atoms with van der Waals surface area (Å²) < 4.78 is 31.1.